The first-order valence-electron chi connectivity index (χ1n) is 9.63. The lowest BCUT2D eigenvalue weighted by atomic mass is 10.0. The fraction of sp³-hybridized carbons (Fsp3) is 0.650. The third-order valence-corrected chi connectivity index (χ3v) is 4.72. The highest BCUT2D eigenvalue weighted by molar-refractivity contribution is 14.0. The van der Waals surface area contributed by atoms with Crippen molar-refractivity contribution in [3.63, 3.8) is 0 Å². The molecule has 0 spiro atoms. The van der Waals surface area contributed by atoms with E-state index < -0.39 is 0 Å². The summed E-state index contributed by atoms with van der Waals surface area (Å²) in [7, 11) is 0. The van der Waals surface area contributed by atoms with Crippen molar-refractivity contribution in [3.05, 3.63) is 35.4 Å². The fourth-order valence-corrected chi connectivity index (χ4v) is 3.12. The zero-order valence-corrected chi connectivity index (χ0v) is 18.6. The molecule has 0 bridgehead atoms. The van der Waals surface area contributed by atoms with Gasteiger partial charge >= 0.3 is 0 Å². The Labute approximate surface area is 175 Å². The van der Waals surface area contributed by atoms with Gasteiger partial charge in [0.25, 0.3) is 0 Å². The Balaban J connectivity index is 0.00000338. The molecule has 1 aliphatic rings. The number of nitrogens with zero attached hydrogens (tertiary/aromatic N) is 2. The molecule has 6 heteroatoms. The van der Waals surface area contributed by atoms with Gasteiger partial charge in [0.15, 0.2) is 5.96 Å². The minimum atomic E-state index is 0. The van der Waals surface area contributed by atoms with Gasteiger partial charge in [0, 0.05) is 19.6 Å². The van der Waals surface area contributed by atoms with Crippen LogP contribution in [0.15, 0.2) is 29.3 Å². The van der Waals surface area contributed by atoms with E-state index in [1.54, 1.807) is 0 Å². The van der Waals surface area contributed by atoms with Crippen LogP contribution in [0.3, 0.4) is 0 Å². The van der Waals surface area contributed by atoms with E-state index in [2.05, 4.69) is 53.3 Å². The van der Waals surface area contributed by atoms with Crippen molar-refractivity contribution in [2.24, 2.45) is 10.7 Å². The Morgan fingerprint density at radius 2 is 1.88 bits per heavy atom. The number of guanidine groups is 1. The van der Waals surface area contributed by atoms with E-state index in [0.29, 0.717) is 12.5 Å². The van der Waals surface area contributed by atoms with Crippen molar-refractivity contribution in [1.82, 2.24) is 10.2 Å². The molecule has 1 saturated heterocycles. The number of hydrogen-bond donors (Lipinski definition) is 2. The number of aliphatic imine (C=N–C) groups is 1. The Bertz CT molecular complexity index is 515. The monoisotopic (exact) mass is 474 g/mol. The standard InChI is InChI=1S/C20H34N4O.HI/c1-3-4-5-6-11-22-20(21)23-16-19(24-12-14-25-15-13-24)18-9-7-17(2)8-10-18;/h7-10,19H,3-6,11-16H2,1-2H3,(H3,21,22,23);1H. The summed E-state index contributed by atoms with van der Waals surface area (Å²) in [5.41, 5.74) is 8.64. The Morgan fingerprint density at radius 3 is 2.54 bits per heavy atom. The molecule has 0 saturated carbocycles. The zero-order chi connectivity index (χ0) is 17.9. The highest BCUT2D eigenvalue weighted by Crippen LogP contribution is 2.22. The summed E-state index contributed by atoms with van der Waals surface area (Å²) in [5.74, 6) is 0.557. The summed E-state index contributed by atoms with van der Waals surface area (Å²) in [4.78, 5) is 7.07. The number of halogens is 1. The Kier molecular flexibility index (Phi) is 11.9. The largest absolute Gasteiger partial charge is 0.379 e. The number of nitrogens with one attached hydrogen (secondary N) is 1. The van der Waals surface area contributed by atoms with Crippen LogP contribution in [0.25, 0.3) is 0 Å². The van der Waals surface area contributed by atoms with Gasteiger partial charge in [-0.25, -0.2) is 0 Å². The maximum atomic E-state index is 6.06. The van der Waals surface area contributed by atoms with Crippen LogP contribution in [0.2, 0.25) is 0 Å². The van der Waals surface area contributed by atoms with Crippen LogP contribution in [0.1, 0.15) is 49.8 Å². The second-order valence-corrected chi connectivity index (χ2v) is 6.79. The van der Waals surface area contributed by atoms with Gasteiger partial charge in [-0.2, -0.15) is 0 Å². The van der Waals surface area contributed by atoms with E-state index in [4.69, 9.17) is 10.5 Å². The molecule has 0 aliphatic carbocycles. The summed E-state index contributed by atoms with van der Waals surface area (Å²) < 4.78 is 5.50. The van der Waals surface area contributed by atoms with Gasteiger partial charge < -0.3 is 15.8 Å². The molecule has 5 nitrogen and oxygen atoms in total. The molecule has 1 atom stereocenters. The predicted octanol–water partition coefficient (Wildman–Crippen LogP) is 3.47. The van der Waals surface area contributed by atoms with Crippen LogP contribution in [0, 0.1) is 6.92 Å². The van der Waals surface area contributed by atoms with Crippen LogP contribution < -0.4 is 11.1 Å². The van der Waals surface area contributed by atoms with Crippen LogP contribution in [0.5, 0.6) is 0 Å². The van der Waals surface area contributed by atoms with Gasteiger partial charge in [0.05, 0.1) is 25.8 Å². The average Bonchev–Trinajstić information content (AvgIpc) is 2.64. The summed E-state index contributed by atoms with van der Waals surface area (Å²) >= 11 is 0. The van der Waals surface area contributed by atoms with Gasteiger partial charge in [0.1, 0.15) is 0 Å². The normalized spacial score (nSPS) is 16.8. The molecule has 148 valence electrons. The lowest BCUT2D eigenvalue weighted by Crippen LogP contribution is -2.41. The molecular weight excluding hydrogens is 439 g/mol. The molecule has 1 aromatic rings. The van der Waals surface area contributed by atoms with Crippen molar-refractivity contribution >= 4 is 29.9 Å². The SMILES string of the molecule is CCCCCCNC(N)=NCC(c1ccc(C)cc1)N1CCOCC1.I. The Morgan fingerprint density at radius 1 is 1.19 bits per heavy atom. The summed E-state index contributed by atoms with van der Waals surface area (Å²) in [6.07, 6.45) is 4.93. The summed E-state index contributed by atoms with van der Waals surface area (Å²) in [5, 5.41) is 3.24. The van der Waals surface area contributed by atoms with Crippen molar-refractivity contribution in [3.8, 4) is 0 Å². The molecule has 2 rings (SSSR count). The lowest BCUT2D eigenvalue weighted by Gasteiger charge is -2.34. The van der Waals surface area contributed by atoms with Gasteiger partial charge in [-0.3, -0.25) is 9.89 Å². The van der Waals surface area contributed by atoms with E-state index in [1.807, 2.05) is 0 Å². The number of rotatable bonds is 9. The second kappa shape index (κ2) is 13.3. The number of ether oxygens (including phenoxy) is 1. The number of nitrogens with two attached hydrogens (primary N) is 1. The van der Waals surface area contributed by atoms with Crippen LogP contribution in [-0.2, 0) is 4.74 Å². The molecule has 1 heterocycles. The van der Waals surface area contributed by atoms with E-state index in [-0.39, 0.29) is 30.0 Å². The Hall–Kier alpha value is -0.860. The first-order valence-corrected chi connectivity index (χ1v) is 9.63. The molecule has 0 aromatic heterocycles. The van der Waals surface area contributed by atoms with Crippen molar-refractivity contribution < 1.29 is 4.74 Å². The fourth-order valence-electron chi connectivity index (χ4n) is 3.12. The third-order valence-electron chi connectivity index (χ3n) is 4.72. The minimum Gasteiger partial charge on any atom is -0.379 e. The number of aryl methyl sites for hydroxylation is 1. The smallest absolute Gasteiger partial charge is 0.188 e. The molecular formula is C20H35IN4O. The molecule has 1 aromatic carbocycles. The van der Waals surface area contributed by atoms with Gasteiger partial charge in [0.2, 0.25) is 0 Å². The molecule has 26 heavy (non-hydrogen) atoms. The number of unbranched alkanes of at least 4 members (excludes halogenated alkanes) is 3. The molecule has 3 N–H and O–H groups in total. The molecule has 0 amide bonds. The van der Waals surface area contributed by atoms with Crippen molar-refractivity contribution in [2.45, 2.75) is 45.6 Å². The van der Waals surface area contributed by atoms with E-state index in [1.165, 1.54) is 30.4 Å². The van der Waals surface area contributed by atoms with Crippen molar-refractivity contribution in [2.75, 3.05) is 39.4 Å². The van der Waals surface area contributed by atoms with Crippen LogP contribution in [-0.4, -0.2) is 50.3 Å². The quantitative estimate of drug-likeness (QED) is 0.249. The first kappa shape index (κ1) is 23.2. The van der Waals surface area contributed by atoms with E-state index >= 15 is 0 Å². The number of benzene rings is 1. The lowest BCUT2D eigenvalue weighted by molar-refractivity contribution is 0.0180. The summed E-state index contributed by atoms with van der Waals surface area (Å²) in [6.45, 7) is 9.39. The minimum absolute atomic E-state index is 0. The van der Waals surface area contributed by atoms with Gasteiger partial charge in [-0.15, -0.1) is 24.0 Å². The second-order valence-electron chi connectivity index (χ2n) is 6.79. The zero-order valence-electron chi connectivity index (χ0n) is 16.2. The molecule has 1 unspecified atom stereocenters. The topological polar surface area (TPSA) is 62.9 Å². The highest BCUT2D eigenvalue weighted by Gasteiger charge is 2.22. The van der Waals surface area contributed by atoms with E-state index in [0.717, 1.165) is 39.3 Å². The molecule has 1 fully saturated rings. The first-order chi connectivity index (χ1) is 12.2. The molecule has 0 radical (unpaired) electrons. The maximum absolute atomic E-state index is 6.06. The number of hydrogen-bond acceptors (Lipinski definition) is 3. The predicted molar refractivity (Wildman–Crippen MR) is 120 cm³/mol. The highest BCUT2D eigenvalue weighted by atomic mass is 127. The van der Waals surface area contributed by atoms with Gasteiger partial charge in [-0.05, 0) is 18.9 Å². The van der Waals surface area contributed by atoms with Crippen LogP contribution in [0.4, 0.5) is 0 Å². The molecule has 1 aliphatic heterocycles. The van der Waals surface area contributed by atoms with Crippen LogP contribution >= 0.6 is 24.0 Å². The summed E-state index contributed by atoms with van der Waals surface area (Å²) in [6, 6.07) is 9.01. The average molecular weight is 474 g/mol. The third kappa shape index (κ3) is 8.22. The van der Waals surface area contributed by atoms with Gasteiger partial charge in [-0.1, -0.05) is 56.0 Å². The maximum Gasteiger partial charge on any atom is 0.188 e. The van der Waals surface area contributed by atoms with Crippen molar-refractivity contribution in [1.29, 1.82) is 0 Å². The van der Waals surface area contributed by atoms with E-state index in [9.17, 15) is 0 Å². The number of morpholine rings is 1.